The van der Waals surface area contributed by atoms with Crippen LogP contribution in [0.4, 0.5) is 0 Å². The normalized spacial score (nSPS) is 11.8. The fourth-order valence-electron chi connectivity index (χ4n) is 3.87. The second-order valence-electron chi connectivity index (χ2n) is 9.39. The van der Waals surface area contributed by atoms with Crippen molar-refractivity contribution in [2.24, 2.45) is 5.14 Å². The van der Waals surface area contributed by atoms with Crippen LogP contribution in [-0.4, -0.2) is 34.2 Å². The number of rotatable bonds is 17. The summed E-state index contributed by atoms with van der Waals surface area (Å²) in [5.41, 5.74) is 0. The summed E-state index contributed by atoms with van der Waals surface area (Å²) >= 11 is 11.4. The van der Waals surface area contributed by atoms with Gasteiger partial charge in [-0.25, -0.2) is 22.0 Å². The van der Waals surface area contributed by atoms with Gasteiger partial charge in [-0.3, -0.25) is 0 Å². The Hall–Kier alpha value is -1.16. The highest BCUT2D eigenvalue weighted by molar-refractivity contribution is 7.89. The number of nitrogens with two attached hydrogens (primary N) is 1. The largest absolute Gasteiger partial charge is 0.243 e. The number of benzene rings is 2. The van der Waals surface area contributed by atoms with E-state index in [1.807, 2.05) is 0 Å². The van der Waals surface area contributed by atoms with E-state index < -0.39 is 20.0 Å². The number of sulfonamides is 2. The van der Waals surface area contributed by atoms with Crippen LogP contribution in [0.1, 0.15) is 90.9 Å². The van der Waals surface area contributed by atoms with Gasteiger partial charge in [0.05, 0.1) is 9.79 Å². The highest BCUT2D eigenvalue weighted by Gasteiger charge is 2.23. The van der Waals surface area contributed by atoms with Crippen LogP contribution in [0.3, 0.4) is 0 Å². The molecule has 0 aromatic heterocycles. The third kappa shape index (κ3) is 14.3. The number of halogens is 2. The molecule has 10 heteroatoms. The van der Waals surface area contributed by atoms with Gasteiger partial charge in [0, 0.05) is 23.1 Å². The molecule has 2 rings (SSSR count). The maximum absolute atomic E-state index is 13.1. The Balaban J connectivity index is 0.000000544. The van der Waals surface area contributed by atoms with Crippen LogP contribution in [0.2, 0.25) is 10.0 Å². The lowest BCUT2D eigenvalue weighted by atomic mass is 10.1. The molecule has 6 nitrogen and oxygen atoms in total. The van der Waals surface area contributed by atoms with Crippen LogP contribution in [0.15, 0.2) is 58.3 Å². The molecule has 0 bridgehead atoms. The summed E-state index contributed by atoms with van der Waals surface area (Å²) in [7, 11) is -7.02. The van der Waals surface area contributed by atoms with Crippen LogP contribution in [0.5, 0.6) is 0 Å². The average molecular weight is 608 g/mol. The zero-order valence-electron chi connectivity index (χ0n) is 22.7. The van der Waals surface area contributed by atoms with E-state index in [4.69, 9.17) is 28.3 Å². The van der Waals surface area contributed by atoms with Crippen molar-refractivity contribution >= 4 is 43.2 Å². The molecule has 0 unspecified atom stereocenters. The van der Waals surface area contributed by atoms with Gasteiger partial charge >= 0.3 is 0 Å². The highest BCUT2D eigenvalue weighted by Crippen LogP contribution is 2.20. The molecule has 0 radical (unpaired) electrons. The van der Waals surface area contributed by atoms with Gasteiger partial charge < -0.3 is 0 Å². The first-order chi connectivity index (χ1) is 18.0. The van der Waals surface area contributed by atoms with Crippen molar-refractivity contribution in [3.8, 4) is 0 Å². The molecule has 216 valence electrons. The topological polar surface area (TPSA) is 97.5 Å². The van der Waals surface area contributed by atoms with E-state index in [1.165, 1.54) is 75.6 Å². The van der Waals surface area contributed by atoms with Crippen molar-refractivity contribution < 1.29 is 16.8 Å². The van der Waals surface area contributed by atoms with E-state index in [-0.39, 0.29) is 4.90 Å². The van der Waals surface area contributed by atoms with E-state index in [0.717, 1.165) is 25.7 Å². The standard InChI is InChI=1S/C22H38ClNO2S.C6H6ClNO2S/c1-3-5-7-9-11-13-19-24(20-14-12-10-8-6-4-2)27(25,26)22-17-15-21(23)16-18-22;7-5-1-3-6(4-2-5)11(8,9)10/h15-18H,3-14,19-20H2,1-2H3;1-4H,(H2,8,9,10). The maximum atomic E-state index is 13.1. The van der Waals surface area contributed by atoms with Gasteiger partial charge in [0.15, 0.2) is 0 Å². The van der Waals surface area contributed by atoms with Gasteiger partial charge in [0.1, 0.15) is 0 Å². The van der Waals surface area contributed by atoms with Crippen LogP contribution < -0.4 is 5.14 Å². The Morgan fingerprint density at radius 1 is 0.579 bits per heavy atom. The molecule has 0 saturated carbocycles. The average Bonchev–Trinajstić information content (AvgIpc) is 2.87. The fourth-order valence-corrected chi connectivity index (χ4v) is 6.15. The summed E-state index contributed by atoms with van der Waals surface area (Å²) in [5, 5.41) is 5.88. The Morgan fingerprint density at radius 2 is 0.921 bits per heavy atom. The summed E-state index contributed by atoms with van der Waals surface area (Å²) in [6.45, 7) is 5.65. The molecular formula is C28H44Cl2N2O4S2. The van der Waals surface area contributed by atoms with Crippen molar-refractivity contribution in [1.29, 1.82) is 0 Å². The molecule has 0 heterocycles. The van der Waals surface area contributed by atoms with E-state index in [1.54, 1.807) is 28.6 Å². The molecule has 2 N–H and O–H groups in total. The fraction of sp³-hybridized carbons (Fsp3) is 0.571. The molecule has 0 fully saturated rings. The van der Waals surface area contributed by atoms with Crippen molar-refractivity contribution in [2.75, 3.05) is 13.1 Å². The van der Waals surface area contributed by atoms with Gasteiger partial charge in [-0.15, -0.1) is 0 Å². The molecular weight excluding hydrogens is 563 g/mol. The van der Waals surface area contributed by atoms with Crippen molar-refractivity contribution in [1.82, 2.24) is 4.31 Å². The maximum Gasteiger partial charge on any atom is 0.243 e. The Labute approximate surface area is 241 Å². The zero-order valence-corrected chi connectivity index (χ0v) is 25.9. The van der Waals surface area contributed by atoms with E-state index >= 15 is 0 Å². The van der Waals surface area contributed by atoms with Crippen LogP contribution in [0.25, 0.3) is 0 Å². The lowest BCUT2D eigenvalue weighted by Gasteiger charge is -2.22. The lowest BCUT2D eigenvalue weighted by molar-refractivity contribution is 0.383. The first-order valence-electron chi connectivity index (χ1n) is 13.6. The minimum Gasteiger partial charge on any atom is -0.225 e. The molecule has 2 aromatic rings. The molecule has 0 aliphatic carbocycles. The van der Waals surface area contributed by atoms with Crippen molar-refractivity contribution in [2.45, 2.75) is 101 Å². The monoisotopic (exact) mass is 606 g/mol. The third-order valence-corrected chi connectivity index (χ3v) is 9.46. The Morgan fingerprint density at radius 3 is 1.29 bits per heavy atom. The first kappa shape index (κ1) is 34.9. The zero-order chi connectivity index (χ0) is 28.4. The summed E-state index contributed by atoms with van der Waals surface area (Å²) < 4.78 is 49.2. The second-order valence-corrected chi connectivity index (χ2v) is 13.8. The number of hydrogen-bond acceptors (Lipinski definition) is 4. The highest BCUT2D eigenvalue weighted by atomic mass is 35.5. The van der Waals surface area contributed by atoms with Gasteiger partial charge in [0.25, 0.3) is 0 Å². The number of primary sulfonamides is 1. The van der Waals surface area contributed by atoms with E-state index in [0.29, 0.717) is 28.0 Å². The van der Waals surface area contributed by atoms with Gasteiger partial charge in [-0.1, -0.05) is 101 Å². The van der Waals surface area contributed by atoms with Crippen LogP contribution in [0, 0.1) is 0 Å². The molecule has 0 atom stereocenters. The second kappa shape index (κ2) is 19.0. The molecule has 0 aliphatic rings. The number of nitrogens with zero attached hydrogens (tertiary/aromatic N) is 1. The lowest BCUT2D eigenvalue weighted by Crippen LogP contribution is -2.33. The van der Waals surface area contributed by atoms with E-state index in [2.05, 4.69) is 13.8 Å². The van der Waals surface area contributed by atoms with E-state index in [9.17, 15) is 16.8 Å². The summed E-state index contributed by atoms with van der Waals surface area (Å²) in [4.78, 5) is 0.422. The SMILES string of the molecule is CCCCCCCCN(CCCCCCCC)S(=O)(=O)c1ccc(Cl)cc1.NS(=O)(=O)c1ccc(Cl)cc1. The Bertz CT molecular complexity index is 1090. The van der Waals surface area contributed by atoms with Crippen LogP contribution >= 0.6 is 23.2 Å². The van der Waals surface area contributed by atoms with Gasteiger partial charge in [-0.2, -0.15) is 4.31 Å². The van der Waals surface area contributed by atoms with Crippen LogP contribution in [-0.2, 0) is 20.0 Å². The number of unbranched alkanes of at least 4 members (excludes halogenated alkanes) is 10. The minimum atomic E-state index is -3.58. The first-order valence-corrected chi connectivity index (χ1v) is 17.3. The minimum absolute atomic E-state index is 0.0712. The molecule has 0 aliphatic heterocycles. The molecule has 38 heavy (non-hydrogen) atoms. The third-order valence-electron chi connectivity index (χ3n) is 6.12. The predicted molar refractivity (Wildman–Crippen MR) is 160 cm³/mol. The molecule has 0 amide bonds. The summed E-state index contributed by atoms with van der Waals surface area (Å²) in [6.07, 6.45) is 14.0. The predicted octanol–water partition coefficient (Wildman–Crippen LogP) is 8.04. The quantitative estimate of drug-likeness (QED) is 0.184. The molecule has 2 aromatic carbocycles. The summed E-state index contributed by atoms with van der Waals surface area (Å²) in [5.74, 6) is 0. The Kier molecular flexibility index (Phi) is 17.4. The summed E-state index contributed by atoms with van der Waals surface area (Å²) in [6, 6.07) is 12.2. The van der Waals surface area contributed by atoms with Gasteiger partial charge in [-0.05, 0) is 61.4 Å². The molecule has 0 spiro atoms. The number of hydrogen-bond donors (Lipinski definition) is 1. The van der Waals surface area contributed by atoms with Crippen molar-refractivity contribution in [3.63, 3.8) is 0 Å². The molecule has 0 saturated heterocycles. The van der Waals surface area contributed by atoms with Gasteiger partial charge in [0.2, 0.25) is 20.0 Å². The van der Waals surface area contributed by atoms with Crippen molar-refractivity contribution in [3.05, 3.63) is 58.6 Å². The smallest absolute Gasteiger partial charge is 0.225 e.